The number of carbonyl (C=O) groups is 2. The highest BCUT2D eigenvalue weighted by atomic mass is 28.4. The van der Waals surface area contributed by atoms with Gasteiger partial charge in [0.05, 0.1) is 32.5 Å². The van der Waals surface area contributed by atoms with Gasteiger partial charge in [-0.1, -0.05) is 124 Å². The number of hydrogen-bond acceptors (Lipinski definition) is 7. The molecule has 0 radical (unpaired) electrons. The Morgan fingerprint density at radius 2 is 1.31 bits per heavy atom. The Morgan fingerprint density at radius 1 is 0.788 bits per heavy atom. The van der Waals surface area contributed by atoms with Crippen LogP contribution in [0.15, 0.2) is 54.1 Å². The van der Waals surface area contributed by atoms with Gasteiger partial charge < -0.3 is 28.8 Å². The van der Waals surface area contributed by atoms with Gasteiger partial charge in [0.2, 0.25) is 0 Å². The minimum Gasteiger partial charge on any atom is -0.466 e. The smallest absolute Gasteiger partial charge is 0.404 e. The maximum Gasteiger partial charge on any atom is 0.404 e. The van der Waals surface area contributed by atoms with Crippen LogP contribution in [-0.4, -0.2) is 60.7 Å². The number of hydrogen-bond donors (Lipinski definition) is 1. The van der Waals surface area contributed by atoms with Crippen LogP contribution in [-0.2, 0) is 34.5 Å². The predicted molar refractivity (Wildman–Crippen MR) is 220 cm³/mol. The molecule has 1 aromatic rings. The quantitative estimate of drug-likeness (QED) is 0.0610. The van der Waals surface area contributed by atoms with Gasteiger partial charge in [-0.15, -0.1) is 0 Å². The lowest BCUT2D eigenvalue weighted by molar-refractivity contribution is -0.134. The fraction of sp³-hybridized carbons (Fsp3) is 0.714. The van der Waals surface area contributed by atoms with E-state index in [0.29, 0.717) is 13.2 Å². The Labute approximate surface area is 319 Å². The molecule has 2 N–H and O–H groups in total. The van der Waals surface area contributed by atoms with Gasteiger partial charge in [0, 0.05) is 23.8 Å². The maximum atomic E-state index is 12.3. The molecule has 10 heteroatoms. The van der Waals surface area contributed by atoms with Crippen molar-refractivity contribution < 1.29 is 32.7 Å². The third kappa shape index (κ3) is 15.2. The normalized spacial score (nSPS) is 18.2. The average Bonchev–Trinajstić information content (AvgIpc) is 3.02. The van der Waals surface area contributed by atoms with E-state index in [-0.39, 0.29) is 57.8 Å². The van der Waals surface area contributed by atoms with Crippen LogP contribution in [0.4, 0.5) is 4.79 Å². The Bertz CT molecular complexity index is 1300. The molecule has 298 valence electrons. The number of allylic oxidation sites excluding steroid dienone is 1. The minimum atomic E-state index is -2.25. The van der Waals surface area contributed by atoms with E-state index >= 15 is 0 Å². The second-order valence-electron chi connectivity index (χ2n) is 18.2. The number of benzene rings is 1. The third-order valence-corrected chi connectivity index (χ3v) is 20.3. The molecule has 0 saturated heterocycles. The second kappa shape index (κ2) is 20.4. The molecule has 0 saturated carbocycles. The molecule has 0 heterocycles. The summed E-state index contributed by atoms with van der Waals surface area (Å²) in [5.41, 5.74) is 8.00. The van der Waals surface area contributed by atoms with Crippen molar-refractivity contribution in [2.75, 3.05) is 13.7 Å². The van der Waals surface area contributed by atoms with E-state index < -0.39 is 28.8 Å². The van der Waals surface area contributed by atoms with Crippen LogP contribution >= 0.6 is 0 Å². The van der Waals surface area contributed by atoms with Crippen molar-refractivity contribution in [1.82, 2.24) is 0 Å². The highest BCUT2D eigenvalue weighted by Gasteiger charge is 2.45. The molecule has 0 aliphatic heterocycles. The summed E-state index contributed by atoms with van der Waals surface area (Å²) in [5, 5.41) is 0.0123. The summed E-state index contributed by atoms with van der Waals surface area (Å²) < 4.78 is 31.2. The van der Waals surface area contributed by atoms with Crippen molar-refractivity contribution in [3.63, 3.8) is 0 Å². The van der Waals surface area contributed by atoms with Crippen molar-refractivity contribution in [2.45, 2.75) is 151 Å². The molecule has 8 atom stereocenters. The number of ether oxygens (including phenoxy) is 3. The number of esters is 1. The van der Waals surface area contributed by atoms with Crippen LogP contribution in [0, 0.1) is 29.6 Å². The Balaban J connectivity index is 3.47. The average molecular weight is 762 g/mol. The summed E-state index contributed by atoms with van der Waals surface area (Å²) >= 11 is 0. The number of primary amides is 1. The van der Waals surface area contributed by atoms with E-state index in [9.17, 15) is 9.59 Å². The van der Waals surface area contributed by atoms with Gasteiger partial charge in [-0.25, -0.2) is 9.59 Å². The van der Waals surface area contributed by atoms with Gasteiger partial charge in [0.1, 0.15) is 6.10 Å². The summed E-state index contributed by atoms with van der Waals surface area (Å²) in [6.45, 7) is 36.3. The molecular weight excluding hydrogens is 687 g/mol. The van der Waals surface area contributed by atoms with Crippen molar-refractivity contribution in [3.8, 4) is 0 Å². The fourth-order valence-corrected chi connectivity index (χ4v) is 9.15. The predicted octanol–water partition coefficient (Wildman–Crippen LogP) is 10.7. The first-order chi connectivity index (χ1) is 23.7. The lowest BCUT2D eigenvalue weighted by Crippen LogP contribution is -2.51. The zero-order valence-electron chi connectivity index (χ0n) is 35.8. The third-order valence-electron chi connectivity index (χ3n) is 11.3. The molecular formula is C42H75NO7Si2. The molecule has 0 aliphatic rings. The zero-order chi connectivity index (χ0) is 40.2. The van der Waals surface area contributed by atoms with E-state index in [1.807, 2.05) is 43.3 Å². The lowest BCUT2D eigenvalue weighted by atomic mass is 9.81. The van der Waals surface area contributed by atoms with E-state index in [4.69, 9.17) is 28.8 Å². The van der Waals surface area contributed by atoms with E-state index in [1.54, 1.807) is 0 Å². The van der Waals surface area contributed by atoms with Crippen LogP contribution < -0.4 is 5.73 Å². The molecule has 1 amide bonds. The van der Waals surface area contributed by atoms with E-state index in [2.05, 4.69) is 108 Å². The Morgan fingerprint density at radius 3 is 1.79 bits per heavy atom. The first-order valence-electron chi connectivity index (χ1n) is 19.1. The number of carbonyl (C=O) groups excluding carboxylic acids is 2. The molecule has 4 unspecified atom stereocenters. The largest absolute Gasteiger partial charge is 0.466 e. The molecule has 0 spiro atoms. The zero-order valence-corrected chi connectivity index (χ0v) is 37.8. The van der Waals surface area contributed by atoms with Gasteiger partial charge in [-0.05, 0) is 67.0 Å². The van der Waals surface area contributed by atoms with Crippen molar-refractivity contribution in [2.24, 2.45) is 35.3 Å². The standard InChI is InChI=1S/C42H75NO7Si2/c1-29(25-31(3)37(30(2)23-24-36(44)46-13)49-51(14,15)41(7,8)9)26-32(4)39(50-52(16,17)42(10,11)12)34(6)38(48-40(43)45)33(5)27-47-28-35-21-19-18-20-22-35/h18-25,30-34,37-39H,26-28H2,1-17H3,(H2,43,45)/t30-,31-,32?,33-,34?,37-,38?,39?/m0/s1. The Hall–Kier alpha value is -2.25. The molecule has 0 aromatic heterocycles. The van der Waals surface area contributed by atoms with Crippen LogP contribution in [0.3, 0.4) is 0 Å². The number of amides is 1. The second-order valence-corrected chi connectivity index (χ2v) is 27.7. The van der Waals surface area contributed by atoms with Crippen LogP contribution in [0.2, 0.25) is 36.3 Å². The number of methoxy groups -OCH3 is 1. The summed E-state index contributed by atoms with van der Waals surface area (Å²) in [4.78, 5) is 24.3. The number of rotatable bonds is 20. The number of nitrogens with two attached hydrogens (primary N) is 1. The van der Waals surface area contributed by atoms with Crippen LogP contribution in [0.25, 0.3) is 0 Å². The fourth-order valence-electron chi connectivity index (χ4n) is 6.21. The molecule has 1 rings (SSSR count). The van der Waals surface area contributed by atoms with Crippen LogP contribution in [0.5, 0.6) is 0 Å². The first-order valence-corrected chi connectivity index (χ1v) is 24.9. The molecule has 52 heavy (non-hydrogen) atoms. The highest BCUT2D eigenvalue weighted by molar-refractivity contribution is 6.74. The van der Waals surface area contributed by atoms with Crippen molar-refractivity contribution >= 4 is 28.7 Å². The lowest BCUT2D eigenvalue weighted by Gasteiger charge is -2.45. The van der Waals surface area contributed by atoms with Gasteiger partial charge in [-0.2, -0.15) is 0 Å². The summed E-state index contributed by atoms with van der Waals surface area (Å²) in [7, 11) is -3.00. The maximum absolute atomic E-state index is 12.3. The molecule has 0 bridgehead atoms. The Kier molecular flexibility index (Phi) is 18.8. The van der Waals surface area contributed by atoms with Gasteiger partial charge in [0.25, 0.3) is 0 Å². The van der Waals surface area contributed by atoms with Gasteiger partial charge >= 0.3 is 12.1 Å². The molecule has 1 aromatic carbocycles. The molecule has 8 nitrogen and oxygen atoms in total. The topological polar surface area (TPSA) is 106 Å². The van der Waals surface area contributed by atoms with E-state index in [1.165, 1.54) is 18.8 Å². The van der Waals surface area contributed by atoms with Crippen LogP contribution in [0.1, 0.15) is 95.1 Å². The SMILES string of the molecule is COC(=O)C=C[C@H](C)[C@H](O[Si](C)(C)C(C)(C)C)[C@@H](C)C=C(C)CC(C)C(O[Si](C)(C)C(C)(C)C)C(C)C(OC(N)=O)[C@@H](C)COCc1ccccc1. The molecule has 0 fully saturated rings. The van der Waals surface area contributed by atoms with Crippen molar-refractivity contribution in [3.05, 3.63) is 59.7 Å². The van der Waals surface area contributed by atoms with Gasteiger partial charge in [0.15, 0.2) is 16.6 Å². The summed E-state index contributed by atoms with van der Waals surface area (Å²) in [5.74, 6) is -0.493. The molecule has 0 aliphatic carbocycles. The summed E-state index contributed by atoms with van der Waals surface area (Å²) in [6, 6.07) is 10.0. The monoisotopic (exact) mass is 762 g/mol. The van der Waals surface area contributed by atoms with Crippen molar-refractivity contribution in [1.29, 1.82) is 0 Å². The van der Waals surface area contributed by atoms with E-state index in [0.717, 1.165) is 12.0 Å². The first kappa shape index (κ1) is 47.8. The summed E-state index contributed by atoms with van der Waals surface area (Å²) in [6.07, 6.45) is 4.88. The minimum absolute atomic E-state index is 0.0170. The highest BCUT2D eigenvalue weighted by Crippen LogP contribution is 2.42. The van der Waals surface area contributed by atoms with Gasteiger partial charge in [-0.3, -0.25) is 0 Å².